The fourth-order valence-corrected chi connectivity index (χ4v) is 2.69. The maximum Gasteiger partial charge on any atom is 0.126 e. The summed E-state index contributed by atoms with van der Waals surface area (Å²) in [6.45, 7) is 0.901. The number of rotatable bonds is 7. The lowest BCUT2D eigenvalue weighted by atomic mass is 10.1. The molecule has 26 heavy (non-hydrogen) atoms. The van der Waals surface area contributed by atoms with E-state index in [0.717, 1.165) is 22.4 Å². The smallest absolute Gasteiger partial charge is 0.126 e. The fourth-order valence-electron chi connectivity index (χ4n) is 2.48. The van der Waals surface area contributed by atoms with Gasteiger partial charge in [-0.25, -0.2) is 9.37 Å². The van der Waals surface area contributed by atoms with Gasteiger partial charge in [-0.2, -0.15) is 0 Å². The average Bonchev–Trinajstić information content (AvgIpc) is 2.66. The molecular formula is C19H18ClFN4O. The van der Waals surface area contributed by atoms with Crippen molar-refractivity contribution < 1.29 is 9.50 Å². The zero-order valence-electron chi connectivity index (χ0n) is 13.9. The van der Waals surface area contributed by atoms with Crippen LogP contribution < -0.4 is 10.6 Å². The van der Waals surface area contributed by atoms with Crippen LogP contribution in [0.4, 0.5) is 15.9 Å². The number of hydrogen-bond donors (Lipinski definition) is 3. The summed E-state index contributed by atoms with van der Waals surface area (Å²) in [4.78, 5) is 8.43. The van der Waals surface area contributed by atoms with Crippen LogP contribution in [0, 0.1) is 5.82 Å². The Kier molecular flexibility index (Phi) is 5.99. The van der Waals surface area contributed by atoms with E-state index in [0.29, 0.717) is 23.9 Å². The van der Waals surface area contributed by atoms with Gasteiger partial charge in [-0.05, 0) is 29.8 Å². The van der Waals surface area contributed by atoms with Crippen molar-refractivity contribution in [3.63, 3.8) is 0 Å². The van der Waals surface area contributed by atoms with Gasteiger partial charge < -0.3 is 15.7 Å². The average molecular weight is 373 g/mol. The first kappa shape index (κ1) is 18.1. The Balaban J connectivity index is 1.78. The van der Waals surface area contributed by atoms with E-state index in [1.165, 1.54) is 12.1 Å². The molecule has 134 valence electrons. The van der Waals surface area contributed by atoms with Crippen molar-refractivity contribution in [3.8, 4) is 11.1 Å². The summed E-state index contributed by atoms with van der Waals surface area (Å²) in [6.07, 6.45) is 4.97. The van der Waals surface area contributed by atoms with Crippen molar-refractivity contribution in [1.29, 1.82) is 0 Å². The molecule has 0 amide bonds. The monoisotopic (exact) mass is 372 g/mol. The molecule has 0 aliphatic heterocycles. The van der Waals surface area contributed by atoms with Crippen LogP contribution in [0.25, 0.3) is 11.1 Å². The summed E-state index contributed by atoms with van der Waals surface area (Å²) in [5.74, 6) is 0.360. The van der Waals surface area contributed by atoms with E-state index in [9.17, 15) is 4.39 Å². The number of benzene rings is 1. The first-order valence-corrected chi connectivity index (χ1v) is 8.47. The van der Waals surface area contributed by atoms with Crippen LogP contribution in [0.2, 0.25) is 5.02 Å². The third-order valence-corrected chi connectivity index (χ3v) is 4.01. The molecule has 0 spiro atoms. The van der Waals surface area contributed by atoms with Crippen molar-refractivity contribution >= 4 is 23.1 Å². The molecule has 3 N–H and O–H groups in total. The number of nitrogens with zero attached hydrogens (tertiary/aromatic N) is 2. The number of halogens is 2. The van der Waals surface area contributed by atoms with Crippen LogP contribution in [0.3, 0.4) is 0 Å². The molecule has 0 aliphatic carbocycles. The van der Waals surface area contributed by atoms with Gasteiger partial charge in [0.05, 0.1) is 17.3 Å². The van der Waals surface area contributed by atoms with Crippen molar-refractivity contribution in [2.24, 2.45) is 0 Å². The third-order valence-electron chi connectivity index (χ3n) is 3.71. The Labute approximate surface area is 155 Å². The summed E-state index contributed by atoms with van der Waals surface area (Å²) in [7, 11) is 0. The second-order valence-electron chi connectivity index (χ2n) is 5.65. The molecule has 0 saturated heterocycles. The summed E-state index contributed by atoms with van der Waals surface area (Å²) in [6, 6.07) is 10.2. The summed E-state index contributed by atoms with van der Waals surface area (Å²) in [5.41, 5.74) is 3.25. The molecule has 0 bridgehead atoms. The molecule has 5 nitrogen and oxygen atoms in total. The number of hydrogen-bond acceptors (Lipinski definition) is 5. The highest BCUT2D eigenvalue weighted by Gasteiger charge is 2.08. The van der Waals surface area contributed by atoms with Gasteiger partial charge in [0, 0.05) is 42.8 Å². The largest absolute Gasteiger partial charge is 0.395 e. The molecule has 0 unspecified atom stereocenters. The van der Waals surface area contributed by atoms with E-state index < -0.39 is 0 Å². The van der Waals surface area contributed by atoms with E-state index in [2.05, 4.69) is 20.6 Å². The third kappa shape index (κ3) is 4.68. The Morgan fingerprint density at radius 3 is 2.77 bits per heavy atom. The lowest BCUT2D eigenvalue weighted by molar-refractivity contribution is 0.311. The summed E-state index contributed by atoms with van der Waals surface area (Å²) < 4.78 is 13.3. The molecule has 0 fully saturated rings. The number of pyridine rings is 2. The van der Waals surface area contributed by atoms with Crippen LogP contribution in [0.5, 0.6) is 0 Å². The van der Waals surface area contributed by atoms with Crippen LogP contribution in [-0.4, -0.2) is 28.2 Å². The minimum Gasteiger partial charge on any atom is -0.395 e. The van der Waals surface area contributed by atoms with Gasteiger partial charge in [-0.15, -0.1) is 0 Å². The minimum atomic E-state index is -0.261. The number of aromatic nitrogens is 2. The molecule has 3 rings (SSSR count). The molecule has 2 heterocycles. The topological polar surface area (TPSA) is 70.1 Å². The van der Waals surface area contributed by atoms with E-state index in [4.69, 9.17) is 16.7 Å². The zero-order chi connectivity index (χ0) is 18.4. The van der Waals surface area contributed by atoms with Gasteiger partial charge in [-0.3, -0.25) is 4.98 Å². The summed E-state index contributed by atoms with van der Waals surface area (Å²) >= 11 is 6.28. The number of anilines is 2. The van der Waals surface area contributed by atoms with Gasteiger partial charge in [-0.1, -0.05) is 23.7 Å². The zero-order valence-corrected chi connectivity index (χ0v) is 14.7. The highest BCUT2D eigenvalue weighted by atomic mass is 35.5. The molecule has 0 aliphatic rings. The lowest BCUT2D eigenvalue weighted by Crippen LogP contribution is -2.06. The van der Waals surface area contributed by atoms with E-state index >= 15 is 0 Å². The number of aliphatic hydroxyl groups is 1. The highest BCUT2D eigenvalue weighted by molar-refractivity contribution is 6.33. The van der Waals surface area contributed by atoms with Crippen LogP contribution in [-0.2, 0) is 6.54 Å². The molecule has 0 saturated carbocycles. The van der Waals surface area contributed by atoms with Crippen LogP contribution in [0.1, 0.15) is 5.56 Å². The first-order valence-electron chi connectivity index (χ1n) is 8.10. The number of nitrogens with one attached hydrogen (secondary N) is 2. The maximum atomic E-state index is 13.3. The lowest BCUT2D eigenvalue weighted by Gasteiger charge is -2.11. The quantitative estimate of drug-likeness (QED) is 0.585. The second kappa shape index (κ2) is 8.60. The maximum absolute atomic E-state index is 13.3. The Hall–Kier alpha value is -2.70. The standard InChI is InChI=1S/C19H18ClFN4O/c20-18-12-25-19(23-4-5-26)8-17(18)14-7-16(11-22-10-14)24-9-13-2-1-3-15(21)6-13/h1-3,6-8,10-12,24,26H,4-5,9H2,(H,23,25). The van der Waals surface area contributed by atoms with Crippen molar-refractivity contribution in [2.45, 2.75) is 6.54 Å². The molecule has 7 heteroatoms. The van der Waals surface area contributed by atoms with Crippen molar-refractivity contribution in [1.82, 2.24) is 9.97 Å². The van der Waals surface area contributed by atoms with E-state index in [-0.39, 0.29) is 12.4 Å². The highest BCUT2D eigenvalue weighted by Crippen LogP contribution is 2.30. The van der Waals surface area contributed by atoms with Gasteiger partial charge >= 0.3 is 0 Å². The Morgan fingerprint density at radius 1 is 1.08 bits per heavy atom. The molecule has 3 aromatic rings. The Morgan fingerprint density at radius 2 is 1.96 bits per heavy atom. The SMILES string of the molecule is OCCNc1cc(-c2cncc(NCc3cccc(F)c3)c2)c(Cl)cn1. The fraction of sp³-hybridized carbons (Fsp3) is 0.158. The van der Waals surface area contributed by atoms with Gasteiger partial charge in [0.2, 0.25) is 0 Å². The predicted molar refractivity (Wildman–Crippen MR) is 102 cm³/mol. The molecule has 2 aromatic heterocycles. The van der Waals surface area contributed by atoms with E-state index in [1.54, 1.807) is 24.7 Å². The minimum absolute atomic E-state index is 0.0146. The van der Waals surface area contributed by atoms with Crippen LogP contribution in [0.15, 0.2) is 55.0 Å². The first-order chi connectivity index (χ1) is 12.7. The number of aliphatic hydroxyl groups excluding tert-OH is 1. The molecule has 1 aromatic carbocycles. The predicted octanol–water partition coefficient (Wildman–Crippen LogP) is 3.95. The normalized spacial score (nSPS) is 10.6. The summed E-state index contributed by atoms with van der Waals surface area (Å²) in [5, 5.41) is 15.7. The van der Waals surface area contributed by atoms with Crippen molar-refractivity contribution in [3.05, 3.63) is 71.4 Å². The second-order valence-corrected chi connectivity index (χ2v) is 6.05. The van der Waals surface area contributed by atoms with Gasteiger partial charge in [0.25, 0.3) is 0 Å². The molecule has 0 atom stereocenters. The molecule has 0 radical (unpaired) electrons. The van der Waals surface area contributed by atoms with Gasteiger partial charge in [0.1, 0.15) is 11.6 Å². The van der Waals surface area contributed by atoms with Gasteiger partial charge in [0.15, 0.2) is 0 Å². The van der Waals surface area contributed by atoms with E-state index in [1.807, 2.05) is 18.2 Å². The van der Waals surface area contributed by atoms with Crippen molar-refractivity contribution in [2.75, 3.05) is 23.8 Å². The Bertz CT molecular complexity index is 891. The molecular weight excluding hydrogens is 355 g/mol. The van der Waals surface area contributed by atoms with Crippen LogP contribution >= 0.6 is 11.6 Å².